The Morgan fingerprint density at radius 3 is 2.84 bits per heavy atom. The highest BCUT2D eigenvalue weighted by Crippen LogP contribution is 2.45. The van der Waals surface area contributed by atoms with Crippen molar-refractivity contribution in [3.8, 4) is 5.75 Å². The maximum absolute atomic E-state index is 12.8. The molecule has 0 amide bonds. The van der Waals surface area contributed by atoms with Crippen LogP contribution in [0.1, 0.15) is 44.1 Å². The van der Waals surface area contributed by atoms with Crippen molar-refractivity contribution >= 4 is 0 Å². The number of ether oxygens (including phenoxy) is 4. The second kappa shape index (κ2) is 9.90. The van der Waals surface area contributed by atoms with Crippen LogP contribution >= 0.6 is 0 Å². The Morgan fingerprint density at radius 2 is 2.06 bits per heavy atom. The average molecular weight is 442 g/mol. The molecule has 1 aliphatic carbocycles. The number of aliphatic hydroxyl groups is 1. The molecule has 1 aromatic carbocycles. The third-order valence-corrected chi connectivity index (χ3v) is 6.21. The number of halogens is 3. The first-order valence-corrected chi connectivity index (χ1v) is 11.0. The summed E-state index contributed by atoms with van der Waals surface area (Å²) < 4.78 is 61.5. The van der Waals surface area contributed by atoms with Crippen molar-refractivity contribution < 1.29 is 37.2 Å². The minimum Gasteiger partial charge on any atom is -0.493 e. The van der Waals surface area contributed by atoms with E-state index in [2.05, 4.69) is 6.08 Å². The Bertz CT molecular complexity index is 747. The molecule has 1 aromatic rings. The quantitative estimate of drug-likeness (QED) is 0.491. The lowest BCUT2D eigenvalue weighted by Crippen LogP contribution is -2.31. The topological polar surface area (TPSA) is 57.2 Å². The van der Waals surface area contributed by atoms with Crippen molar-refractivity contribution in [3.63, 3.8) is 0 Å². The van der Waals surface area contributed by atoms with Gasteiger partial charge in [-0.05, 0) is 49.8 Å². The largest absolute Gasteiger partial charge is 0.493 e. The Morgan fingerprint density at radius 1 is 1.19 bits per heavy atom. The van der Waals surface area contributed by atoms with Crippen LogP contribution in [0.5, 0.6) is 5.75 Å². The predicted octanol–water partition coefficient (Wildman–Crippen LogP) is 4.69. The van der Waals surface area contributed by atoms with E-state index in [0.29, 0.717) is 19.4 Å². The molecule has 31 heavy (non-hydrogen) atoms. The lowest BCUT2D eigenvalue weighted by atomic mass is 9.91. The number of hydrogen-bond acceptors (Lipinski definition) is 5. The Kier molecular flexibility index (Phi) is 7.21. The van der Waals surface area contributed by atoms with Gasteiger partial charge in [-0.2, -0.15) is 13.2 Å². The normalized spacial score (nSPS) is 33.7. The highest BCUT2D eigenvalue weighted by Gasteiger charge is 2.49. The number of benzene rings is 1. The van der Waals surface area contributed by atoms with E-state index in [4.69, 9.17) is 18.9 Å². The van der Waals surface area contributed by atoms with Crippen LogP contribution in [-0.2, 0) is 20.4 Å². The summed E-state index contributed by atoms with van der Waals surface area (Å²) in [7, 11) is 0. The van der Waals surface area contributed by atoms with Gasteiger partial charge in [-0.3, -0.25) is 0 Å². The summed E-state index contributed by atoms with van der Waals surface area (Å²) in [5, 5.41) is 9.86. The standard InChI is InChI=1S/C23H29F3O5/c24-23(25,26)15-6-5-7-16(12-15)28-10-3-1-8-17-18-13-21(27)30-20(18)14-19(17)31-22-9-2-4-11-29-22/h1,5-8,12,17-22,27H,2-4,9-11,13-14H2/b8-1+/t17-,18-,19-,20+,21?,22?/m1/s1. The first kappa shape index (κ1) is 22.6. The van der Waals surface area contributed by atoms with Crippen LogP contribution in [0.2, 0.25) is 0 Å². The van der Waals surface area contributed by atoms with Crippen molar-refractivity contribution in [1.82, 2.24) is 0 Å². The molecule has 3 aliphatic rings. The third kappa shape index (κ3) is 5.80. The summed E-state index contributed by atoms with van der Waals surface area (Å²) >= 11 is 0. The number of fused-ring (bicyclic) bond motifs is 1. The SMILES string of the molecule is OC1C[C@@H]2[C@@H](/C=C/CCOc3cccc(C(F)(F)F)c3)[C@H](OC3CCCCO3)C[C@@H]2O1. The van der Waals surface area contributed by atoms with E-state index in [-0.39, 0.29) is 42.7 Å². The minimum absolute atomic E-state index is 0.0281. The zero-order valence-electron chi connectivity index (χ0n) is 17.3. The summed E-state index contributed by atoms with van der Waals surface area (Å²) in [5.74, 6) is 0.484. The van der Waals surface area contributed by atoms with Crippen molar-refractivity contribution in [2.45, 2.75) is 69.5 Å². The van der Waals surface area contributed by atoms with Crippen LogP contribution in [0.25, 0.3) is 0 Å². The van der Waals surface area contributed by atoms with Gasteiger partial charge in [0, 0.05) is 25.4 Å². The average Bonchev–Trinajstić information content (AvgIpc) is 3.24. The molecule has 0 spiro atoms. The molecule has 2 aliphatic heterocycles. The van der Waals surface area contributed by atoms with Gasteiger partial charge in [0.2, 0.25) is 0 Å². The Labute approximate surface area is 180 Å². The minimum atomic E-state index is -4.39. The molecule has 0 radical (unpaired) electrons. The van der Waals surface area contributed by atoms with Crippen molar-refractivity contribution in [3.05, 3.63) is 42.0 Å². The molecule has 2 unspecified atom stereocenters. The monoisotopic (exact) mass is 442 g/mol. The maximum atomic E-state index is 12.8. The van der Waals surface area contributed by atoms with Crippen LogP contribution in [0, 0.1) is 11.8 Å². The molecule has 8 heteroatoms. The van der Waals surface area contributed by atoms with Gasteiger partial charge in [0.1, 0.15) is 5.75 Å². The smallest absolute Gasteiger partial charge is 0.416 e. The Hall–Kier alpha value is -1.61. The van der Waals surface area contributed by atoms with Gasteiger partial charge in [0.25, 0.3) is 0 Å². The van der Waals surface area contributed by atoms with Gasteiger partial charge in [-0.1, -0.05) is 18.2 Å². The van der Waals surface area contributed by atoms with Crippen molar-refractivity contribution in [1.29, 1.82) is 0 Å². The lowest BCUT2D eigenvalue weighted by Gasteiger charge is -2.29. The molecule has 1 saturated carbocycles. The fourth-order valence-electron chi connectivity index (χ4n) is 4.73. The summed E-state index contributed by atoms with van der Waals surface area (Å²) in [5.41, 5.74) is -0.720. The zero-order valence-corrected chi connectivity index (χ0v) is 17.3. The van der Waals surface area contributed by atoms with Crippen molar-refractivity contribution in [2.24, 2.45) is 11.8 Å². The first-order chi connectivity index (χ1) is 14.9. The number of rotatable bonds is 7. The fraction of sp³-hybridized carbons (Fsp3) is 0.652. The van der Waals surface area contributed by atoms with Gasteiger partial charge < -0.3 is 24.1 Å². The molecular weight excluding hydrogens is 413 g/mol. The van der Waals surface area contributed by atoms with Crippen LogP contribution in [-0.4, -0.2) is 43.1 Å². The molecule has 6 atom stereocenters. The van der Waals surface area contributed by atoms with Crippen LogP contribution in [0.4, 0.5) is 13.2 Å². The van der Waals surface area contributed by atoms with E-state index in [1.54, 1.807) is 0 Å². The molecule has 172 valence electrons. The van der Waals surface area contributed by atoms with Crippen LogP contribution in [0.3, 0.4) is 0 Å². The summed E-state index contributed by atoms with van der Waals surface area (Å²) in [4.78, 5) is 0. The highest BCUT2D eigenvalue weighted by atomic mass is 19.4. The summed E-state index contributed by atoms with van der Waals surface area (Å²) in [6, 6.07) is 4.90. The maximum Gasteiger partial charge on any atom is 0.416 e. The molecule has 5 nitrogen and oxygen atoms in total. The van der Waals surface area contributed by atoms with E-state index in [1.165, 1.54) is 12.1 Å². The third-order valence-electron chi connectivity index (χ3n) is 6.21. The summed E-state index contributed by atoms with van der Waals surface area (Å²) in [6.45, 7) is 0.988. The second-order valence-electron chi connectivity index (χ2n) is 8.40. The lowest BCUT2D eigenvalue weighted by molar-refractivity contribution is -0.196. The van der Waals surface area contributed by atoms with Crippen LogP contribution in [0.15, 0.2) is 36.4 Å². The number of hydrogen-bond donors (Lipinski definition) is 1. The molecule has 0 bridgehead atoms. The van der Waals surface area contributed by atoms with Crippen molar-refractivity contribution in [2.75, 3.05) is 13.2 Å². The van der Waals surface area contributed by atoms with E-state index in [9.17, 15) is 18.3 Å². The predicted molar refractivity (Wildman–Crippen MR) is 106 cm³/mol. The molecule has 1 N–H and O–H groups in total. The fourth-order valence-corrected chi connectivity index (χ4v) is 4.73. The van der Waals surface area contributed by atoms with Crippen LogP contribution < -0.4 is 4.74 Å². The summed E-state index contributed by atoms with van der Waals surface area (Å²) in [6.07, 6.45) is 3.56. The molecule has 4 rings (SSSR count). The van der Waals surface area contributed by atoms with E-state index >= 15 is 0 Å². The van der Waals surface area contributed by atoms with E-state index < -0.39 is 18.0 Å². The van der Waals surface area contributed by atoms with Gasteiger partial charge in [0.15, 0.2) is 12.6 Å². The van der Waals surface area contributed by atoms with Gasteiger partial charge in [0.05, 0.1) is 24.4 Å². The van der Waals surface area contributed by atoms with E-state index in [0.717, 1.165) is 37.8 Å². The second-order valence-corrected chi connectivity index (χ2v) is 8.40. The molecular formula is C23H29F3O5. The van der Waals surface area contributed by atoms with Gasteiger partial charge in [-0.25, -0.2) is 0 Å². The van der Waals surface area contributed by atoms with Gasteiger partial charge in [-0.15, -0.1) is 0 Å². The first-order valence-electron chi connectivity index (χ1n) is 11.0. The highest BCUT2D eigenvalue weighted by molar-refractivity contribution is 5.30. The number of alkyl halides is 3. The van der Waals surface area contributed by atoms with E-state index in [1.807, 2.05) is 6.08 Å². The molecule has 3 fully saturated rings. The molecule has 2 heterocycles. The van der Waals surface area contributed by atoms with Gasteiger partial charge >= 0.3 is 6.18 Å². The molecule has 2 saturated heterocycles. The Balaban J connectivity index is 1.31. The molecule has 0 aromatic heterocycles. The zero-order chi connectivity index (χ0) is 21.8. The number of aliphatic hydroxyl groups excluding tert-OH is 1.